The summed E-state index contributed by atoms with van der Waals surface area (Å²) in [4.78, 5) is 12.2. The van der Waals surface area contributed by atoms with Crippen LogP contribution >= 0.6 is 0 Å². The number of hydrogen-bond acceptors (Lipinski definition) is 6. The lowest BCUT2D eigenvalue weighted by atomic mass is 10.2. The molecule has 1 saturated heterocycles. The lowest BCUT2D eigenvalue weighted by Crippen LogP contribution is -2.35. The van der Waals surface area contributed by atoms with Crippen LogP contribution in [0.25, 0.3) is 0 Å². The van der Waals surface area contributed by atoms with Gasteiger partial charge in [0.25, 0.3) is 5.91 Å². The first kappa shape index (κ1) is 18.4. The molecule has 3 rings (SSSR count). The molecule has 1 aliphatic rings. The Morgan fingerprint density at radius 1 is 1.23 bits per heavy atom. The Bertz CT molecular complexity index is 901. The lowest BCUT2D eigenvalue weighted by Gasteiger charge is -2.26. The zero-order chi connectivity index (χ0) is 18.7. The smallest absolute Gasteiger partial charge is 0.294 e. The standard InChI is InChI=1S/C17H21N3O5S/c1-12-10-15(25-19-12)17(21)18-13-6-7-14(24-2)16(11-13)26(22,23)20-8-4-3-5-9-20/h6-7,10-11H,3-5,8-9H2,1-2H3,(H,18,21). The van der Waals surface area contributed by atoms with E-state index >= 15 is 0 Å². The number of hydrogen-bond donors (Lipinski definition) is 1. The van der Waals surface area contributed by atoms with E-state index in [2.05, 4.69) is 10.5 Å². The van der Waals surface area contributed by atoms with E-state index in [4.69, 9.17) is 9.26 Å². The average molecular weight is 379 g/mol. The molecule has 8 nitrogen and oxygen atoms in total. The molecule has 0 spiro atoms. The van der Waals surface area contributed by atoms with Crippen LogP contribution in [-0.4, -0.2) is 44.0 Å². The Hall–Kier alpha value is -2.39. The highest BCUT2D eigenvalue weighted by Crippen LogP contribution is 2.31. The largest absolute Gasteiger partial charge is 0.495 e. The number of methoxy groups -OCH3 is 1. The number of carbonyl (C=O) groups excluding carboxylic acids is 1. The van der Waals surface area contributed by atoms with Gasteiger partial charge in [-0.1, -0.05) is 11.6 Å². The number of aryl methyl sites for hydroxylation is 1. The molecular weight excluding hydrogens is 358 g/mol. The van der Waals surface area contributed by atoms with Gasteiger partial charge in [0.1, 0.15) is 10.6 Å². The summed E-state index contributed by atoms with van der Waals surface area (Å²) in [5, 5.41) is 6.29. The molecule has 1 N–H and O–H groups in total. The molecule has 26 heavy (non-hydrogen) atoms. The second-order valence-electron chi connectivity index (χ2n) is 6.12. The predicted molar refractivity (Wildman–Crippen MR) is 94.8 cm³/mol. The number of anilines is 1. The van der Waals surface area contributed by atoms with Crippen molar-refractivity contribution in [2.75, 3.05) is 25.5 Å². The van der Waals surface area contributed by atoms with Gasteiger partial charge >= 0.3 is 0 Å². The Morgan fingerprint density at radius 3 is 2.58 bits per heavy atom. The van der Waals surface area contributed by atoms with Crippen molar-refractivity contribution in [3.63, 3.8) is 0 Å². The number of ether oxygens (including phenoxy) is 1. The highest BCUT2D eigenvalue weighted by molar-refractivity contribution is 7.89. The van der Waals surface area contributed by atoms with Crippen molar-refractivity contribution in [2.24, 2.45) is 0 Å². The molecular formula is C17H21N3O5S. The summed E-state index contributed by atoms with van der Waals surface area (Å²) in [5.74, 6) is -0.208. The van der Waals surface area contributed by atoms with Gasteiger partial charge in [-0.15, -0.1) is 0 Å². The maximum atomic E-state index is 13.0. The first-order valence-corrected chi connectivity index (χ1v) is 9.78. The number of sulfonamides is 1. The Labute approximate surface area is 152 Å². The Balaban J connectivity index is 1.90. The van der Waals surface area contributed by atoms with E-state index in [0.717, 1.165) is 19.3 Å². The highest BCUT2D eigenvalue weighted by Gasteiger charge is 2.29. The molecule has 0 radical (unpaired) electrons. The van der Waals surface area contributed by atoms with E-state index in [1.54, 1.807) is 13.0 Å². The molecule has 0 bridgehead atoms. The molecule has 1 aliphatic heterocycles. The fourth-order valence-corrected chi connectivity index (χ4v) is 4.56. The molecule has 2 heterocycles. The minimum Gasteiger partial charge on any atom is -0.495 e. The zero-order valence-electron chi connectivity index (χ0n) is 14.7. The minimum absolute atomic E-state index is 0.0356. The number of nitrogens with zero attached hydrogens (tertiary/aromatic N) is 2. The third-order valence-corrected chi connectivity index (χ3v) is 6.13. The van der Waals surface area contributed by atoms with Gasteiger partial charge in [-0.3, -0.25) is 4.79 Å². The second kappa shape index (κ2) is 7.46. The van der Waals surface area contributed by atoms with E-state index in [1.165, 1.54) is 29.6 Å². The van der Waals surface area contributed by atoms with E-state index < -0.39 is 15.9 Å². The molecule has 0 saturated carbocycles. The molecule has 1 fully saturated rings. The number of amides is 1. The van der Waals surface area contributed by atoms with E-state index in [0.29, 0.717) is 24.5 Å². The first-order chi connectivity index (χ1) is 12.4. The number of benzene rings is 1. The van der Waals surface area contributed by atoms with Crippen LogP contribution in [0.5, 0.6) is 5.75 Å². The van der Waals surface area contributed by atoms with Crippen molar-refractivity contribution in [2.45, 2.75) is 31.1 Å². The van der Waals surface area contributed by atoms with Crippen LogP contribution in [0.4, 0.5) is 5.69 Å². The number of nitrogens with one attached hydrogen (secondary N) is 1. The van der Waals surface area contributed by atoms with Crippen molar-refractivity contribution in [1.29, 1.82) is 0 Å². The molecule has 1 amide bonds. The summed E-state index contributed by atoms with van der Waals surface area (Å²) in [5.41, 5.74) is 0.915. The van der Waals surface area contributed by atoms with Gasteiger partial charge in [0, 0.05) is 24.8 Å². The SMILES string of the molecule is COc1ccc(NC(=O)c2cc(C)no2)cc1S(=O)(=O)N1CCCCC1. The Kier molecular flexibility index (Phi) is 5.28. The number of piperidine rings is 1. The molecule has 1 aromatic carbocycles. The van der Waals surface area contributed by atoms with Gasteiger partial charge in [-0.25, -0.2) is 8.42 Å². The van der Waals surface area contributed by atoms with Crippen molar-refractivity contribution >= 4 is 21.6 Å². The second-order valence-corrected chi connectivity index (χ2v) is 8.02. The third kappa shape index (κ3) is 3.73. The Morgan fingerprint density at radius 2 is 1.96 bits per heavy atom. The molecule has 9 heteroatoms. The average Bonchev–Trinajstić information content (AvgIpc) is 3.09. The van der Waals surface area contributed by atoms with Crippen molar-refractivity contribution in [3.8, 4) is 5.75 Å². The molecule has 140 valence electrons. The summed E-state index contributed by atoms with van der Waals surface area (Å²) in [6, 6.07) is 6.02. The molecule has 0 aliphatic carbocycles. The van der Waals surface area contributed by atoms with Crippen LogP contribution in [-0.2, 0) is 10.0 Å². The molecule has 0 atom stereocenters. The van der Waals surface area contributed by atoms with Crippen LogP contribution in [0, 0.1) is 6.92 Å². The van der Waals surface area contributed by atoms with E-state index in [-0.39, 0.29) is 16.4 Å². The maximum Gasteiger partial charge on any atom is 0.294 e. The van der Waals surface area contributed by atoms with Crippen molar-refractivity contribution < 1.29 is 22.5 Å². The quantitative estimate of drug-likeness (QED) is 0.856. The third-order valence-electron chi connectivity index (χ3n) is 4.21. The summed E-state index contributed by atoms with van der Waals surface area (Å²) >= 11 is 0. The van der Waals surface area contributed by atoms with E-state index in [1.807, 2.05) is 0 Å². The zero-order valence-corrected chi connectivity index (χ0v) is 15.5. The van der Waals surface area contributed by atoms with Gasteiger partial charge < -0.3 is 14.6 Å². The number of rotatable bonds is 5. The molecule has 2 aromatic rings. The number of carbonyl (C=O) groups is 1. The lowest BCUT2D eigenvalue weighted by molar-refractivity contribution is 0.0988. The summed E-state index contributed by atoms with van der Waals surface area (Å²) in [6.07, 6.45) is 2.70. The summed E-state index contributed by atoms with van der Waals surface area (Å²) in [6.45, 7) is 2.68. The van der Waals surface area contributed by atoms with Gasteiger partial charge in [0.15, 0.2) is 0 Å². The minimum atomic E-state index is -3.70. The van der Waals surface area contributed by atoms with E-state index in [9.17, 15) is 13.2 Å². The maximum absolute atomic E-state index is 13.0. The van der Waals surface area contributed by atoms with Gasteiger partial charge in [-0.2, -0.15) is 4.31 Å². The van der Waals surface area contributed by atoms with Gasteiger partial charge in [0.05, 0.1) is 12.8 Å². The highest BCUT2D eigenvalue weighted by atomic mass is 32.2. The van der Waals surface area contributed by atoms with Crippen LogP contribution in [0.3, 0.4) is 0 Å². The fourth-order valence-electron chi connectivity index (χ4n) is 2.86. The number of aromatic nitrogens is 1. The van der Waals surface area contributed by atoms with Crippen molar-refractivity contribution in [1.82, 2.24) is 9.46 Å². The topological polar surface area (TPSA) is 102 Å². The summed E-state index contributed by atoms with van der Waals surface area (Å²) < 4.78 is 37.6. The van der Waals surface area contributed by atoms with Gasteiger partial charge in [0.2, 0.25) is 15.8 Å². The normalized spacial score (nSPS) is 15.6. The van der Waals surface area contributed by atoms with Crippen LogP contribution in [0.15, 0.2) is 33.7 Å². The van der Waals surface area contributed by atoms with Crippen LogP contribution in [0.1, 0.15) is 35.5 Å². The van der Waals surface area contributed by atoms with Crippen LogP contribution < -0.4 is 10.1 Å². The predicted octanol–water partition coefficient (Wildman–Crippen LogP) is 2.42. The molecule has 0 unspecified atom stereocenters. The molecule has 1 aromatic heterocycles. The monoisotopic (exact) mass is 379 g/mol. The van der Waals surface area contributed by atoms with Crippen LogP contribution in [0.2, 0.25) is 0 Å². The van der Waals surface area contributed by atoms with Crippen molar-refractivity contribution in [3.05, 3.63) is 35.7 Å². The first-order valence-electron chi connectivity index (χ1n) is 8.34. The van der Waals surface area contributed by atoms with Gasteiger partial charge in [-0.05, 0) is 38.0 Å². The fraction of sp³-hybridized carbons (Fsp3) is 0.412. The summed E-state index contributed by atoms with van der Waals surface area (Å²) in [7, 11) is -2.29.